The van der Waals surface area contributed by atoms with Crippen LogP contribution in [0.15, 0.2) is 48.5 Å². The van der Waals surface area contributed by atoms with E-state index in [1.165, 1.54) is 0 Å². The number of nitrogens with one attached hydrogen (secondary N) is 2. The molecule has 0 aliphatic heterocycles. The van der Waals surface area contributed by atoms with Gasteiger partial charge in [0.2, 0.25) is 11.8 Å². The lowest BCUT2D eigenvalue weighted by Gasteiger charge is -2.16. The smallest absolute Gasteiger partial charge is 0.238 e. The largest absolute Gasteiger partial charge is 0.355 e. The minimum Gasteiger partial charge on any atom is -0.355 e. The fourth-order valence-electron chi connectivity index (χ4n) is 2.78. The van der Waals surface area contributed by atoms with Crippen LogP contribution < -0.4 is 10.6 Å². The van der Waals surface area contributed by atoms with Crippen molar-refractivity contribution in [2.45, 2.75) is 13.3 Å². The van der Waals surface area contributed by atoms with E-state index in [9.17, 15) is 9.59 Å². The SMILES string of the molecule is Cc1ccc(NC(=O)CN(C)CC(=O)NCCc2nc3ccccc3s2)cc1. The Bertz CT molecular complexity index is 919. The standard InChI is InChI=1S/C21H24N4O2S/c1-15-7-9-16(10-8-15)23-20(27)14-25(2)13-19(26)22-12-11-21-24-17-5-3-4-6-18(17)28-21/h3-10H,11-14H2,1-2H3,(H,22,26)(H,23,27). The predicted octanol–water partition coefficient (Wildman–Crippen LogP) is 2.83. The van der Waals surface area contributed by atoms with Gasteiger partial charge in [0.25, 0.3) is 0 Å². The number of thiazole rings is 1. The minimum absolute atomic E-state index is 0.105. The molecule has 6 nitrogen and oxygen atoms in total. The number of hydrogen-bond acceptors (Lipinski definition) is 5. The number of carbonyl (C=O) groups is 2. The van der Waals surface area contributed by atoms with E-state index in [0.29, 0.717) is 13.0 Å². The van der Waals surface area contributed by atoms with E-state index >= 15 is 0 Å². The molecular formula is C21H24N4O2S. The lowest BCUT2D eigenvalue weighted by Crippen LogP contribution is -2.39. The first-order valence-corrected chi connectivity index (χ1v) is 9.97. The van der Waals surface area contributed by atoms with E-state index < -0.39 is 0 Å². The molecule has 3 aromatic rings. The number of benzene rings is 2. The molecule has 0 atom stereocenters. The van der Waals surface area contributed by atoms with Crippen LogP contribution in [0.25, 0.3) is 10.2 Å². The first kappa shape index (κ1) is 20.0. The Morgan fingerprint density at radius 3 is 2.50 bits per heavy atom. The molecule has 0 saturated heterocycles. The van der Waals surface area contributed by atoms with Gasteiger partial charge in [0.1, 0.15) is 0 Å². The van der Waals surface area contributed by atoms with Crippen molar-refractivity contribution in [1.29, 1.82) is 0 Å². The van der Waals surface area contributed by atoms with Gasteiger partial charge in [-0.15, -0.1) is 11.3 Å². The highest BCUT2D eigenvalue weighted by molar-refractivity contribution is 7.18. The summed E-state index contributed by atoms with van der Waals surface area (Å²) in [6.45, 7) is 2.84. The first-order valence-electron chi connectivity index (χ1n) is 9.16. The summed E-state index contributed by atoms with van der Waals surface area (Å²) < 4.78 is 1.16. The Morgan fingerprint density at radius 1 is 1.04 bits per heavy atom. The van der Waals surface area contributed by atoms with Gasteiger partial charge in [0.15, 0.2) is 0 Å². The predicted molar refractivity (Wildman–Crippen MR) is 114 cm³/mol. The van der Waals surface area contributed by atoms with E-state index in [2.05, 4.69) is 15.6 Å². The molecule has 1 aromatic heterocycles. The number of para-hydroxylation sites is 1. The molecule has 0 unspecified atom stereocenters. The van der Waals surface area contributed by atoms with Crippen LogP contribution in [0.1, 0.15) is 10.6 Å². The third-order valence-corrected chi connectivity index (χ3v) is 5.26. The van der Waals surface area contributed by atoms with E-state index in [-0.39, 0.29) is 24.9 Å². The van der Waals surface area contributed by atoms with Crippen molar-refractivity contribution in [3.05, 3.63) is 59.1 Å². The number of likely N-dealkylation sites (N-methyl/N-ethyl adjacent to an activating group) is 1. The van der Waals surface area contributed by atoms with Gasteiger partial charge in [0.05, 0.1) is 28.3 Å². The number of hydrogen-bond donors (Lipinski definition) is 2. The zero-order chi connectivity index (χ0) is 19.9. The van der Waals surface area contributed by atoms with Crippen LogP contribution in [0.2, 0.25) is 0 Å². The van der Waals surface area contributed by atoms with E-state index in [1.54, 1.807) is 23.3 Å². The highest BCUT2D eigenvalue weighted by Crippen LogP contribution is 2.21. The summed E-state index contributed by atoms with van der Waals surface area (Å²) in [7, 11) is 1.75. The monoisotopic (exact) mass is 396 g/mol. The maximum atomic E-state index is 12.1. The van der Waals surface area contributed by atoms with Crippen molar-refractivity contribution in [3.63, 3.8) is 0 Å². The Morgan fingerprint density at radius 2 is 1.75 bits per heavy atom. The number of fused-ring (bicyclic) bond motifs is 1. The molecular weight excluding hydrogens is 372 g/mol. The van der Waals surface area contributed by atoms with Gasteiger partial charge >= 0.3 is 0 Å². The third-order valence-electron chi connectivity index (χ3n) is 4.16. The summed E-state index contributed by atoms with van der Waals surface area (Å²) in [6.07, 6.45) is 0.697. The average molecular weight is 397 g/mol. The molecule has 2 aromatic carbocycles. The lowest BCUT2D eigenvalue weighted by molar-refractivity contribution is -0.122. The summed E-state index contributed by atoms with van der Waals surface area (Å²) >= 11 is 1.65. The molecule has 0 aliphatic carbocycles. The molecule has 1 heterocycles. The molecule has 146 valence electrons. The number of aromatic nitrogens is 1. The van der Waals surface area contributed by atoms with Crippen LogP contribution in [0.3, 0.4) is 0 Å². The molecule has 3 rings (SSSR count). The second-order valence-corrected chi connectivity index (χ2v) is 7.88. The van der Waals surface area contributed by atoms with Gasteiger partial charge in [-0.1, -0.05) is 29.8 Å². The molecule has 7 heteroatoms. The van der Waals surface area contributed by atoms with Crippen molar-refractivity contribution < 1.29 is 9.59 Å². The van der Waals surface area contributed by atoms with Crippen LogP contribution in [-0.2, 0) is 16.0 Å². The van der Waals surface area contributed by atoms with Gasteiger partial charge in [-0.3, -0.25) is 14.5 Å². The number of nitrogens with zero attached hydrogens (tertiary/aromatic N) is 2. The van der Waals surface area contributed by atoms with E-state index in [4.69, 9.17) is 0 Å². The molecule has 28 heavy (non-hydrogen) atoms. The Labute approximate surface area is 168 Å². The fourth-order valence-corrected chi connectivity index (χ4v) is 3.74. The number of anilines is 1. The Hall–Kier alpha value is -2.77. The highest BCUT2D eigenvalue weighted by Gasteiger charge is 2.11. The minimum atomic E-state index is -0.145. The Balaban J connectivity index is 1.37. The van der Waals surface area contributed by atoms with Crippen molar-refractivity contribution in [3.8, 4) is 0 Å². The van der Waals surface area contributed by atoms with E-state index in [1.807, 2.05) is 55.5 Å². The summed E-state index contributed by atoms with van der Waals surface area (Å²) in [6, 6.07) is 15.6. The molecule has 0 bridgehead atoms. The molecule has 0 aliphatic rings. The quantitative estimate of drug-likeness (QED) is 0.614. The first-order chi connectivity index (χ1) is 13.5. The van der Waals surface area contributed by atoms with Crippen molar-refractivity contribution in [1.82, 2.24) is 15.2 Å². The highest BCUT2D eigenvalue weighted by atomic mass is 32.1. The van der Waals surface area contributed by atoms with Crippen LogP contribution in [0.5, 0.6) is 0 Å². The molecule has 2 N–H and O–H groups in total. The summed E-state index contributed by atoms with van der Waals surface area (Å²) in [5.41, 5.74) is 2.88. The van der Waals surface area contributed by atoms with Crippen molar-refractivity contribution >= 4 is 39.1 Å². The maximum absolute atomic E-state index is 12.1. The van der Waals surface area contributed by atoms with Crippen LogP contribution in [-0.4, -0.2) is 48.4 Å². The van der Waals surface area contributed by atoms with Gasteiger partial charge in [-0.2, -0.15) is 0 Å². The van der Waals surface area contributed by atoms with Gasteiger partial charge in [-0.05, 0) is 38.2 Å². The second-order valence-electron chi connectivity index (χ2n) is 6.76. The van der Waals surface area contributed by atoms with Crippen molar-refractivity contribution in [2.24, 2.45) is 0 Å². The normalized spacial score (nSPS) is 11.0. The van der Waals surface area contributed by atoms with Crippen molar-refractivity contribution in [2.75, 3.05) is 32.0 Å². The zero-order valence-electron chi connectivity index (χ0n) is 16.1. The molecule has 0 fully saturated rings. The van der Waals surface area contributed by atoms with Gasteiger partial charge in [0, 0.05) is 18.7 Å². The average Bonchev–Trinajstić information content (AvgIpc) is 3.06. The fraction of sp³-hybridized carbons (Fsp3) is 0.286. The molecule has 0 radical (unpaired) electrons. The number of rotatable bonds is 8. The second kappa shape index (κ2) is 9.43. The summed E-state index contributed by atoms with van der Waals surface area (Å²) in [5.74, 6) is -0.250. The third kappa shape index (κ3) is 5.87. The number of amides is 2. The molecule has 0 saturated carbocycles. The molecule has 0 spiro atoms. The van der Waals surface area contributed by atoms with Gasteiger partial charge < -0.3 is 10.6 Å². The Kier molecular flexibility index (Phi) is 6.73. The zero-order valence-corrected chi connectivity index (χ0v) is 16.9. The summed E-state index contributed by atoms with van der Waals surface area (Å²) in [5, 5.41) is 6.73. The molecule has 2 amide bonds. The number of aryl methyl sites for hydroxylation is 1. The summed E-state index contributed by atoms with van der Waals surface area (Å²) in [4.78, 5) is 30.4. The van der Waals surface area contributed by atoms with Crippen LogP contribution in [0.4, 0.5) is 5.69 Å². The van der Waals surface area contributed by atoms with Gasteiger partial charge in [-0.25, -0.2) is 4.98 Å². The van der Waals surface area contributed by atoms with Crippen LogP contribution >= 0.6 is 11.3 Å². The topological polar surface area (TPSA) is 74.3 Å². The van der Waals surface area contributed by atoms with Crippen LogP contribution in [0, 0.1) is 6.92 Å². The van der Waals surface area contributed by atoms with E-state index in [0.717, 1.165) is 26.5 Å². The maximum Gasteiger partial charge on any atom is 0.238 e. The lowest BCUT2D eigenvalue weighted by atomic mass is 10.2. The number of carbonyl (C=O) groups excluding carboxylic acids is 2.